The van der Waals surface area contributed by atoms with Gasteiger partial charge in [0, 0.05) is 6.04 Å². The average molecular weight is 284 g/mol. The fourth-order valence-electron chi connectivity index (χ4n) is 2.30. The minimum absolute atomic E-state index is 0.136. The zero-order valence-corrected chi connectivity index (χ0v) is 13.1. The Hall–Kier alpha value is -1.26. The van der Waals surface area contributed by atoms with Gasteiger partial charge in [-0.1, -0.05) is 25.7 Å². The van der Waals surface area contributed by atoms with Gasteiger partial charge in [0.05, 0.1) is 0 Å². The summed E-state index contributed by atoms with van der Waals surface area (Å²) < 4.78 is 5.14. The first-order valence-electron chi connectivity index (χ1n) is 7.58. The lowest BCUT2D eigenvalue weighted by molar-refractivity contribution is -0.123. The van der Waals surface area contributed by atoms with Gasteiger partial charge in [0.2, 0.25) is 5.91 Å². The van der Waals surface area contributed by atoms with Crippen molar-refractivity contribution in [3.05, 3.63) is 0 Å². The van der Waals surface area contributed by atoms with Crippen molar-refractivity contribution in [3.63, 3.8) is 0 Å². The third kappa shape index (κ3) is 6.78. The normalized spacial score (nSPS) is 18.8. The van der Waals surface area contributed by atoms with Crippen LogP contribution in [0.2, 0.25) is 0 Å². The van der Waals surface area contributed by atoms with E-state index in [0.29, 0.717) is 0 Å². The number of amides is 2. The first-order chi connectivity index (χ1) is 9.28. The van der Waals surface area contributed by atoms with E-state index in [9.17, 15) is 9.59 Å². The van der Waals surface area contributed by atoms with Gasteiger partial charge in [-0.05, 0) is 40.5 Å². The van der Waals surface area contributed by atoms with Crippen LogP contribution in [0.3, 0.4) is 0 Å². The first kappa shape index (κ1) is 16.8. The monoisotopic (exact) mass is 284 g/mol. The molecule has 0 aromatic carbocycles. The largest absolute Gasteiger partial charge is 0.444 e. The summed E-state index contributed by atoms with van der Waals surface area (Å²) in [5, 5.41) is 5.59. The number of rotatable bonds is 3. The van der Waals surface area contributed by atoms with E-state index in [1.54, 1.807) is 27.7 Å². The number of ether oxygens (including phenoxy) is 1. The van der Waals surface area contributed by atoms with Crippen LogP contribution < -0.4 is 10.6 Å². The summed E-state index contributed by atoms with van der Waals surface area (Å²) in [7, 11) is 0. The molecule has 0 saturated heterocycles. The van der Waals surface area contributed by atoms with Crippen LogP contribution in [-0.2, 0) is 9.53 Å². The van der Waals surface area contributed by atoms with Crippen LogP contribution in [0.15, 0.2) is 0 Å². The van der Waals surface area contributed by atoms with Gasteiger partial charge >= 0.3 is 6.09 Å². The van der Waals surface area contributed by atoms with Crippen molar-refractivity contribution in [2.24, 2.45) is 0 Å². The Morgan fingerprint density at radius 1 is 1.10 bits per heavy atom. The maximum atomic E-state index is 12.0. The summed E-state index contributed by atoms with van der Waals surface area (Å²) >= 11 is 0. The van der Waals surface area contributed by atoms with E-state index >= 15 is 0 Å². The van der Waals surface area contributed by atoms with Gasteiger partial charge in [-0.3, -0.25) is 4.79 Å². The molecule has 1 saturated carbocycles. The zero-order valence-electron chi connectivity index (χ0n) is 13.1. The lowest BCUT2D eigenvalue weighted by atomic mass is 10.1. The molecule has 1 rings (SSSR count). The molecule has 0 aromatic rings. The average Bonchev–Trinajstić information content (AvgIpc) is 2.54. The lowest BCUT2D eigenvalue weighted by Crippen LogP contribution is -2.49. The summed E-state index contributed by atoms with van der Waals surface area (Å²) in [5.74, 6) is -0.136. The summed E-state index contributed by atoms with van der Waals surface area (Å²) in [6.07, 6.45) is 6.34. The molecule has 0 spiro atoms. The number of carbonyl (C=O) groups is 2. The Kier molecular flexibility index (Phi) is 6.30. The summed E-state index contributed by atoms with van der Waals surface area (Å²) in [5.41, 5.74) is -0.554. The Balaban J connectivity index is 2.36. The van der Waals surface area contributed by atoms with Crippen molar-refractivity contribution >= 4 is 12.0 Å². The molecule has 1 atom stereocenters. The predicted octanol–water partition coefficient (Wildman–Crippen LogP) is 2.74. The number of hydrogen-bond acceptors (Lipinski definition) is 3. The van der Waals surface area contributed by atoms with Crippen LogP contribution in [0.4, 0.5) is 4.79 Å². The molecule has 116 valence electrons. The zero-order chi connectivity index (χ0) is 15.2. The van der Waals surface area contributed by atoms with Crippen LogP contribution in [0, 0.1) is 0 Å². The van der Waals surface area contributed by atoms with Gasteiger partial charge < -0.3 is 15.4 Å². The maximum Gasteiger partial charge on any atom is 0.408 e. The molecule has 1 aliphatic rings. The molecule has 20 heavy (non-hydrogen) atoms. The molecule has 1 fully saturated rings. The van der Waals surface area contributed by atoms with Crippen molar-refractivity contribution in [2.45, 2.75) is 83.9 Å². The fraction of sp³-hybridized carbons (Fsp3) is 0.867. The fourth-order valence-corrected chi connectivity index (χ4v) is 2.30. The van der Waals surface area contributed by atoms with E-state index in [0.717, 1.165) is 12.8 Å². The van der Waals surface area contributed by atoms with E-state index < -0.39 is 17.7 Å². The van der Waals surface area contributed by atoms with E-state index in [-0.39, 0.29) is 11.9 Å². The molecular weight excluding hydrogens is 256 g/mol. The third-order valence-corrected chi connectivity index (χ3v) is 3.33. The Labute approximate surface area is 121 Å². The van der Waals surface area contributed by atoms with Crippen LogP contribution in [-0.4, -0.2) is 29.7 Å². The molecule has 2 N–H and O–H groups in total. The van der Waals surface area contributed by atoms with Gasteiger partial charge in [0.15, 0.2) is 0 Å². The number of alkyl carbamates (subject to hydrolysis) is 1. The quantitative estimate of drug-likeness (QED) is 0.783. The van der Waals surface area contributed by atoms with Gasteiger partial charge in [0.1, 0.15) is 11.6 Å². The van der Waals surface area contributed by atoms with E-state index in [4.69, 9.17) is 4.74 Å². The second kappa shape index (κ2) is 7.50. The lowest BCUT2D eigenvalue weighted by Gasteiger charge is -2.23. The molecule has 0 bridgehead atoms. The van der Waals surface area contributed by atoms with Crippen LogP contribution in [0.5, 0.6) is 0 Å². The Bertz CT molecular complexity index is 329. The second-order valence-corrected chi connectivity index (χ2v) is 6.56. The summed E-state index contributed by atoms with van der Waals surface area (Å²) in [4.78, 5) is 23.7. The van der Waals surface area contributed by atoms with Crippen molar-refractivity contribution in [2.75, 3.05) is 0 Å². The molecule has 0 aromatic heterocycles. The van der Waals surface area contributed by atoms with E-state index in [2.05, 4.69) is 10.6 Å². The summed E-state index contributed by atoms with van der Waals surface area (Å²) in [6, 6.07) is -0.332. The van der Waals surface area contributed by atoms with Gasteiger partial charge in [-0.15, -0.1) is 0 Å². The number of hydrogen-bond donors (Lipinski definition) is 2. The molecule has 5 heteroatoms. The minimum Gasteiger partial charge on any atom is -0.444 e. The molecule has 0 heterocycles. The molecule has 1 unspecified atom stereocenters. The van der Waals surface area contributed by atoms with Crippen molar-refractivity contribution < 1.29 is 14.3 Å². The topological polar surface area (TPSA) is 67.4 Å². The maximum absolute atomic E-state index is 12.0. The second-order valence-electron chi connectivity index (χ2n) is 6.56. The minimum atomic E-state index is -0.576. The van der Waals surface area contributed by atoms with E-state index in [1.165, 1.54) is 25.7 Å². The predicted molar refractivity (Wildman–Crippen MR) is 78.5 cm³/mol. The Morgan fingerprint density at radius 3 is 2.15 bits per heavy atom. The first-order valence-corrected chi connectivity index (χ1v) is 7.58. The highest BCUT2D eigenvalue weighted by atomic mass is 16.6. The van der Waals surface area contributed by atoms with Gasteiger partial charge in [-0.2, -0.15) is 0 Å². The molecule has 1 aliphatic carbocycles. The van der Waals surface area contributed by atoms with Crippen molar-refractivity contribution in [1.29, 1.82) is 0 Å². The van der Waals surface area contributed by atoms with Crippen molar-refractivity contribution in [3.8, 4) is 0 Å². The third-order valence-electron chi connectivity index (χ3n) is 3.33. The highest BCUT2D eigenvalue weighted by Crippen LogP contribution is 2.17. The van der Waals surface area contributed by atoms with E-state index in [1.807, 2.05) is 0 Å². The Morgan fingerprint density at radius 2 is 1.65 bits per heavy atom. The van der Waals surface area contributed by atoms with Crippen LogP contribution in [0.25, 0.3) is 0 Å². The van der Waals surface area contributed by atoms with Crippen LogP contribution in [0.1, 0.15) is 66.2 Å². The molecule has 0 radical (unpaired) electrons. The van der Waals surface area contributed by atoms with Crippen LogP contribution >= 0.6 is 0 Å². The van der Waals surface area contributed by atoms with Gasteiger partial charge in [0.25, 0.3) is 0 Å². The SMILES string of the molecule is CC(NC(=O)OC(C)(C)C)C(=O)NC1CCCCCC1. The highest BCUT2D eigenvalue weighted by Gasteiger charge is 2.23. The summed E-state index contributed by atoms with van der Waals surface area (Å²) in [6.45, 7) is 7.06. The molecule has 0 aliphatic heterocycles. The molecule has 2 amide bonds. The molecular formula is C15H28N2O3. The number of carbonyl (C=O) groups excluding carboxylic acids is 2. The number of nitrogens with one attached hydrogen (secondary N) is 2. The standard InChI is InChI=1S/C15H28N2O3/c1-11(16-14(19)20-15(2,3)4)13(18)17-12-9-7-5-6-8-10-12/h11-12H,5-10H2,1-4H3,(H,16,19)(H,17,18). The molecule has 5 nitrogen and oxygen atoms in total. The smallest absolute Gasteiger partial charge is 0.408 e. The van der Waals surface area contributed by atoms with Crippen molar-refractivity contribution in [1.82, 2.24) is 10.6 Å². The van der Waals surface area contributed by atoms with Gasteiger partial charge in [-0.25, -0.2) is 4.79 Å². The highest BCUT2D eigenvalue weighted by molar-refractivity contribution is 5.85.